The lowest BCUT2D eigenvalue weighted by atomic mass is 9.97. The highest BCUT2D eigenvalue weighted by atomic mass is 35.5. The lowest BCUT2D eigenvalue weighted by molar-refractivity contribution is 0.0925. The molecule has 4 nitrogen and oxygen atoms in total. The summed E-state index contributed by atoms with van der Waals surface area (Å²) in [7, 11) is -1.32. The van der Waals surface area contributed by atoms with Crippen molar-refractivity contribution in [3.8, 4) is 0 Å². The third-order valence-corrected chi connectivity index (χ3v) is 6.19. The van der Waals surface area contributed by atoms with Crippen LogP contribution in [0.25, 0.3) is 0 Å². The normalized spacial score (nSPS) is 15.3. The van der Waals surface area contributed by atoms with Crippen LogP contribution in [0.4, 0.5) is 0 Å². The molecule has 0 fully saturated rings. The van der Waals surface area contributed by atoms with Gasteiger partial charge in [0.05, 0.1) is 26.5 Å². The van der Waals surface area contributed by atoms with Crippen molar-refractivity contribution in [3.63, 3.8) is 0 Å². The molecule has 0 aliphatic heterocycles. The standard InChI is InChI=1S/C20H22ClNO3S/c21-17-8-4-5-9-19(17)26(24)14-16-10-11-18(25-16)20(23)22-13-12-15-6-2-1-3-7-15/h4-6,8-11H,1-3,7,12-14H2,(H,22,23). The molecule has 1 aromatic heterocycles. The molecule has 1 unspecified atom stereocenters. The van der Waals surface area contributed by atoms with Crippen LogP contribution in [-0.4, -0.2) is 16.7 Å². The molecule has 138 valence electrons. The maximum Gasteiger partial charge on any atom is 0.287 e. The largest absolute Gasteiger partial charge is 0.455 e. The van der Waals surface area contributed by atoms with E-state index >= 15 is 0 Å². The van der Waals surface area contributed by atoms with E-state index in [4.69, 9.17) is 16.0 Å². The molecule has 1 aliphatic rings. The average Bonchev–Trinajstić information content (AvgIpc) is 3.11. The van der Waals surface area contributed by atoms with Crippen LogP contribution in [0.15, 0.2) is 57.4 Å². The van der Waals surface area contributed by atoms with E-state index in [0.717, 1.165) is 19.3 Å². The van der Waals surface area contributed by atoms with E-state index in [0.29, 0.717) is 22.2 Å². The number of hydrogen-bond donors (Lipinski definition) is 1. The number of hydrogen-bond acceptors (Lipinski definition) is 3. The Labute approximate surface area is 161 Å². The predicted molar refractivity (Wildman–Crippen MR) is 104 cm³/mol. The molecule has 0 spiro atoms. The molecule has 1 atom stereocenters. The Morgan fingerprint density at radius 2 is 2.04 bits per heavy atom. The highest BCUT2D eigenvalue weighted by Gasteiger charge is 2.15. The van der Waals surface area contributed by atoms with Crippen LogP contribution in [0.1, 0.15) is 48.4 Å². The fourth-order valence-electron chi connectivity index (χ4n) is 2.97. The Balaban J connectivity index is 1.52. The van der Waals surface area contributed by atoms with Crippen LogP contribution < -0.4 is 5.32 Å². The minimum Gasteiger partial charge on any atom is -0.455 e. The maximum atomic E-state index is 12.4. The van der Waals surface area contributed by atoms with E-state index < -0.39 is 10.8 Å². The topological polar surface area (TPSA) is 59.3 Å². The molecule has 1 heterocycles. The van der Waals surface area contributed by atoms with Gasteiger partial charge in [-0.15, -0.1) is 0 Å². The number of carbonyl (C=O) groups is 1. The second kappa shape index (κ2) is 9.19. The second-order valence-electron chi connectivity index (χ2n) is 6.30. The molecular formula is C20H22ClNO3S. The molecule has 1 N–H and O–H groups in total. The fourth-order valence-corrected chi connectivity index (χ4v) is 4.45. The zero-order valence-electron chi connectivity index (χ0n) is 14.5. The molecule has 0 saturated heterocycles. The van der Waals surface area contributed by atoms with Crippen molar-refractivity contribution in [1.82, 2.24) is 5.32 Å². The molecule has 0 saturated carbocycles. The van der Waals surface area contributed by atoms with Gasteiger partial charge in [-0.1, -0.05) is 35.4 Å². The van der Waals surface area contributed by atoms with Gasteiger partial charge >= 0.3 is 0 Å². The minimum atomic E-state index is -1.32. The quantitative estimate of drug-likeness (QED) is 0.685. The van der Waals surface area contributed by atoms with Gasteiger partial charge in [-0.05, 0) is 56.4 Å². The van der Waals surface area contributed by atoms with Crippen molar-refractivity contribution in [2.45, 2.75) is 42.8 Å². The molecule has 2 aromatic rings. The Morgan fingerprint density at radius 3 is 2.81 bits per heavy atom. The van der Waals surface area contributed by atoms with Crippen molar-refractivity contribution in [3.05, 3.63) is 64.6 Å². The van der Waals surface area contributed by atoms with Gasteiger partial charge in [0.15, 0.2) is 5.76 Å². The summed E-state index contributed by atoms with van der Waals surface area (Å²) in [5.41, 5.74) is 1.42. The van der Waals surface area contributed by atoms with Crippen molar-refractivity contribution in [2.75, 3.05) is 6.54 Å². The summed E-state index contributed by atoms with van der Waals surface area (Å²) in [6.45, 7) is 0.603. The van der Waals surface area contributed by atoms with Crippen LogP contribution in [0.2, 0.25) is 5.02 Å². The summed E-state index contributed by atoms with van der Waals surface area (Å²) >= 11 is 6.07. The highest BCUT2D eigenvalue weighted by Crippen LogP contribution is 2.22. The third-order valence-electron chi connectivity index (χ3n) is 4.36. The monoisotopic (exact) mass is 391 g/mol. The minimum absolute atomic E-state index is 0.184. The van der Waals surface area contributed by atoms with Gasteiger partial charge < -0.3 is 9.73 Å². The van der Waals surface area contributed by atoms with E-state index in [1.165, 1.54) is 18.4 Å². The van der Waals surface area contributed by atoms with E-state index in [2.05, 4.69) is 11.4 Å². The fraction of sp³-hybridized carbons (Fsp3) is 0.350. The van der Waals surface area contributed by atoms with Gasteiger partial charge in [-0.3, -0.25) is 9.00 Å². The number of rotatable bonds is 7. The van der Waals surface area contributed by atoms with Crippen molar-refractivity contribution < 1.29 is 13.4 Å². The predicted octanol–water partition coefficient (Wildman–Crippen LogP) is 4.86. The van der Waals surface area contributed by atoms with E-state index in [1.807, 2.05) is 0 Å². The molecule has 26 heavy (non-hydrogen) atoms. The molecule has 1 aromatic carbocycles. The third kappa shape index (κ3) is 5.08. The number of furan rings is 1. The zero-order valence-corrected chi connectivity index (χ0v) is 16.1. The number of carbonyl (C=O) groups excluding carboxylic acids is 1. The lowest BCUT2D eigenvalue weighted by Crippen LogP contribution is -2.24. The molecular weight excluding hydrogens is 370 g/mol. The van der Waals surface area contributed by atoms with Gasteiger partial charge in [0.2, 0.25) is 0 Å². The number of halogens is 1. The van der Waals surface area contributed by atoms with Crippen LogP contribution in [0.3, 0.4) is 0 Å². The smallest absolute Gasteiger partial charge is 0.287 e. The van der Waals surface area contributed by atoms with E-state index in [1.54, 1.807) is 36.4 Å². The first-order valence-electron chi connectivity index (χ1n) is 8.81. The van der Waals surface area contributed by atoms with Gasteiger partial charge in [-0.25, -0.2) is 0 Å². The van der Waals surface area contributed by atoms with Gasteiger partial charge in [0.1, 0.15) is 5.76 Å². The van der Waals surface area contributed by atoms with Crippen LogP contribution >= 0.6 is 11.6 Å². The van der Waals surface area contributed by atoms with Crippen LogP contribution in [0, 0.1) is 0 Å². The Hall–Kier alpha value is -1.85. The van der Waals surface area contributed by atoms with Crippen LogP contribution in [0.5, 0.6) is 0 Å². The summed E-state index contributed by atoms with van der Waals surface area (Å²) in [6.07, 6.45) is 7.95. The van der Waals surface area contributed by atoms with Crippen molar-refractivity contribution in [2.24, 2.45) is 0 Å². The van der Waals surface area contributed by atoms with Gasteiger partial charge in [-0.2, -0.15) is 0 Å². The lowest BCUT2D eigenvalue weighted by Gasteiger charge is -2.12. The summed E-state index contributed by atoms with van der Waals surface area (Å²) in [6, 6.07) is 10.3. The van der Waals surface area contributed by atoms with Crippen LogP contribution in [-0.2, 0) is 16.6 Å². The Bertz CT molecular complexity index is 828. The zero-order chi connectivity index (χ0) is 18.4. The van der Waals surface area contributed by atoms with Crippen molar-refractivity contribution >= 4 is 28.3 Å². The summed E-state index contributed by atoms with van der Waals surface area (Å²) < 4.78 is 18.0. The Morgan fingerprint density at radius 1 is 1.19 bits per heavy atom. The second-order valence-corrected chi connectivity index (χ2v) is 8.13. The summed E-state index contributed by atoms with van der Waals surface area (Å²) in [5.74, 6) is 0.692. The first-order valence-corrected chi connectivity index (χ1v) is 10.5. The number of allylic oxidation sites excluding steroid dienone is 1. The molecule has 0 radical (unpaired) electrons. The van der Waals surface area contributed by atoms with E-state index in [9.17, 15) is 9.00 Å². The first kappa shape index (κ1) is 18.9. The SMILES string of the molecule is O=C(NCCC1=CCCCC1)c1ccc(CS(=O)c2ccccc2Cl)o1. The van der Waals surface area contributed by atoms with E-state index in [-0.39, 0.29) is 17.4 Å². The average molecular weight is 392 g/mol. The first-order chi connectivity index (χ1) is 12.6. The molecule has 3 rings (SSSR count). The highest BCUT2D eigenvalue weighted by molar-refractivity contribution is 7.84. The molecule has 1 amide bonds. The summed E-state index contributed by atoms with van der Waals surface area (Å²) in [5, 5.41) is 3.35. The molecule has 0 bridgehead atoms. The molecule has 6 heteroatoms. The van der Waals surface area contributed by atoms with Gasteiger partial charge in [0.25, 0.3) is 5.91 Å². The molecule has 1 aliphatic carbocycles. The number of nitrogens with one attached hydrogen (secondary N) is 1. The van der Waals surface area contributed by atoms with Crippen molar-refractivity contribution in [1.29, 1.82) is 0 Å². The maximum absolute atomic E-state index is 12.4. The Kier molecular flexibility index (Phi) is 6.69. The number of amides is 1. The number of benzene rings is 1. The summed E-state index contributed by atoms with van der Waals surface area (Å²) in [4.78, 5) is 12.8. The van der Waals surface area contributed by atoms with Gasteiger partial charge in [0, 0.05) is 6.54 Å².